The van der Waals surface area contributed by atoms with E-state index in [2.05, 4.69) is 116 Å². The first kappa shape index (κ1) is 23.5. The Morgan fingerprint density at radius 1 is 0.743 bits per heavy atom. The van der Waals surface area contributed by atoms with Crippen LogP contribution in [-0.4, -0.2) is 41.0 Å². The quantitative estimate of drug-likeness (QED) is 0.363. The van der Waals surface area contributed by atoms with Gasteiger partial charge in [0.1, 0.15) is 5.82 Å². The Morgan fingerprint density at radius 2 is 1.34 bits per heavy atom. The number of nitrogens with one attached hydrogen (secondary N) is 2. The smallest absolute Gasteiger partial charge is 0.137 e. The Labute approximate surface area is 209 Å². The van der Waals surface area contributed by atoms with Gasteiger partial charge >= 0.3 is 0 Å². The zero-order valence-corrected chi connectivity index (χ0v) is 21.3. The fourth-order valence-electron chi connectivity index (χ4n) is 5.40. The molecule has 1 aliphatic rings. The first-order valence-electron chi connectivity index (χ1n) is 12.7. The highest BCUT2D eigenvalue weighted by Crippen LogP contribution is 2.42. The number of nitrogens with zero attached hydrogens (tertiary/aromatic N) is 2. The van der Waals surface area contributed by atoms with Crippen LogP contribution in [0, 0.1) is 27.7 Å². The van der Waals surface area contributed by atoms with Crippen molar-refractivity contribution in [3.63, 3.8) is 0 Å². The van der Waals surface area contributed by atoms with E-state index in [1.165, 1.54) is 27.8 Å². The predicted octanol–water partition coefficient (Wildman–Crippen LogP) is 6.09. The molecule has 2 heterocycles. The van der Waals surface area contributed by atoms with Gasteiger partial charge in [-0.1, -0.05) is 89.5 Å². The molecular formula is C31H36N4. The molecular weight excluding hydrogens is 428 g/mol. The summed E-state index contributed by atoms with van der Waals surface area (Å²) < 4.78 is 0. The largest absolute Gasteiger partial charge is 0.342 e. The first-order valence-corrected chi connectivity index (χ1v) is 12.7. The zero-order valence-electron chi connectivity index (χ0n) is 21.3. The summed E-state index contributed by atoms with van der Waals surface area (Å²) in [5.41, 5.74) is 9.96. The number of benzene rings is 3. The summed E-state index contributed by atoms with van der Waals surface area (Å²) >= 11 is 0. The molecule has 5 rings (SSSR count). The first-order chi connectivity index (χ1) is 17.0. The third-order valence-corrected chi connectivity index (χ3v) is 7.19. The van der Waals surface area contributed by atoms with Gasteiger partial charge in [0.05, 0.1) is 11.7 Å². The van der Waals surface area contributed by atoms with Crippen LogP contribution in [0.3, 0.4) is 0 Å². The van der Waals surface area contributed by atoms with E-state index in [1.807, 2.05) is 0 Å². The average Bonchev–Trinajstić information content (AvgIpc) is 3.24. The second-order valence-electron chi connectivity index (χ2n) is 10.00. The molecule has 1 saturated heterocycles. The maximum atomic E-state index is 5.28. The molecule has 0 spiro atoms. The lowest BCUT2D eigenvalue weighted by molar-refractivity contribution is 0.156. The van der Waals surface area contributed by atoms with Gasteiger partial charge in [0.2, 0.25) is 0 Å². The van der Waals surface area contributed by atoms with E-state index in [1.54, 1.807) is 0 Å². The SMILES string of the molecule is Cc1ccc(-c2nc(C(C(c3cccc(C)c3)c3cccc(C)c3)N3CCNCC3)c(C)[nH]2)cc1. The Morgan fingerprint density at radius 3 is 1.91 bits per heavy atom. The van der Waals surface area contributed by atoms with E-state index < -0.39 is 0 Å². The van der Waals surface area contributed by atoms with E-state index in [9.17, 15) is 0 Å². The topological polar surface area (TPSA) is 44.0 Å². The van der Waals surface area contributed by atoms with E-state index in [0.29, 0.717) is 0 Å². The monoisotopic (exact) mass is 464 g/mol. The van der Waals surface area contributed by atoms with Gasteiger partial charge in [0, 0.05) is 43.4 Å². The molecule has 1 aliphatic heterocycles. The fraction of sp³-hybridized carbons (Fsp3) is 0.323. The van der Waals surface area contributed by atoms with Crippen molar-refractivity contribution in [3.05, 3.63) is 112 Å². The van der Waals surface area contributed by atoms with E-state index >= 15 is 0 Å². The molecule has 0 bridgehead atoms. The van der Waals surface area contributed by atoms with Crippen LogP contribution in [0.4, 0.5) is 0 Å². The van der Waals surface area contributed by atoms with Crippen molar-refractivity contribution in [1.29, 1.82) is 0 Å². The van der Waals surface area contributed by atoms with Crippen LogP contribution >= 0.6 is 0 Å². The van der Waals surface area contributed by atoms with Crippen LogP contribution in [0.5, 0.6) is 0 Å². The highest BCUT2D eigenvalue weighted by atomic mass is 15.2. The summed E-state index contributed by atoms with van der Waals surface area (Å²) in [6.07, 6.45) is 0. The molecule has 0 saturated carbocycles. The fourth-order valence-corrected chi connectivity index (χ4v) is 5.40. The van der Waals surface area contributed by atoms with Crippen molar-refractivity contribution in [2.24, 2.45) is 0 Å². The molecule has 180 valence electrons. The summed E-state index contributed by atoms with van der Waals surface area (Å²) in [6, 6.07) is 26.8. The second-order valence-corrected chi connectivity index (χ2v) is 10.00. The summed E-state index contributed by atoms with van der Waals surface area (Å²) in [6.45, 7) is 12.7. The second kappa shape index (κ2) is 10.2. The van der Waals surface area contributed by atoms with Gasteiger partial charge in [-0.2, -0.15) is 0 Å². The van der Waals surface area contributed by atoms with Gasteiger partial charge in [-0.25, -0.2) is 4.98 Å². The molecule has 1 unspecified atom stereocenters. The minimum Gasteiger partial charge on any atom is -0.342 e. The Hall–Kier alpha value is -3.21. The zero-order chi connectivity index (χ0) is 24.4. The van der Waals surface area contributed by atoms with Gasteiger partial charge in [0.15, 0.2) is 0 Å². The number of hydrogen-bond acceptors (Lipinski definition) is 3. The molecule has 1 fully saturated rings. The summed E-state index contributed by atoms with van der Waals surface area (Å²) in [5, 5.41) is 3.54. The third-order valence-electron chi connectivity index (χ3n) is 7.19. The number of piperazine rings is 1. The molecule has 0 amide bonds. The lowest BCUT2D eigenvalue weighted by atomic mass is 9.81. The molecule has 3 aromatic carbocycles. The number of rotatable bonds is 6. The number of aromatic amines is 1. The van der Waals surface area contributed by atoms with Crippen molar-refractivity contribution >= 4 is 0 Å². The Kier molecular flexibility index (Phi) is 6.85. The molecule has 1 aromatic heterocycles. The van der Waals surface area contributed by atoms with Gasteiger partial charge in [-0.15, -0.1) is 0 Å². The van der Waals surface area contributed by atoms with Gasteiger partial charge in [-0.3, -0.25) is 4.90 Å². The van der Waals surface area contributed by atoms with Crippen molar-refractivity contribution in [2.75, 3.05) is 26.2 Å². The number of imidazole rings is 1. The number of H-pyrrole nitrogens is 1. The van der Waals surface area contributed by atoms with Gasteiger partial charge < -0.3 is 10.3 Å². The Balaban J connectivity index is 1.68. The van der Waals surface area contributed by atoms with Crippen LogP contribution in [0.15, 0.2) is 72.8 Å². The van der Waals surface area contributed by atoms with Gasteiger partial charge in [0.25, 0.3) is 0 Å². The van der Waals surface area contributed by atoms with Crippen LogP contribution in [-0.2, 0) is 0 Å². The van der Waals surface area contributed by atoms with Gasteiger partial charge in [-0.05, 0) is 38.8 Å². The van der Waals surface area contributed by atoms with Crippen molar-refractivity contribution in [1.82, 2.24) is 20.2 Å². The normalized spacial score (nSPS) is 15.5. The van der Waals surface area contributed by atoms with E-state index in [-0.39, 0.29) is 12.0 Å². The van der Waals surface area contributed by atoms with E-state index in [4.69, 9.17) is 4.98 Å². The maximum absolute atomic E-state index is 5.28. The molecule has 2 N–H and O–H groups in total. The van der Waals surface area contributed by atoms with Crippen molar-refractivity contribution in [3.8, 4) is 11.4 Å². The summed E-state index contributed by atoms with van der Waals surface area (Å²) in [4.78, 5) is 11.5. The third kappa shape index (κ3) is 5.09. The Bertz CT molecular complexity index is 1240. The van der Waals surface area contributed by atoms with Crippen LogP contribution < -0.4 is 5.32 Å². The number of hydrogen-bond donors (Lipinski definition) is 2. The molecule has 35 heavy (non-hydrogen) atoms. The minimum atomic E-state index is 0.135. The average molecular weight is 465 g/mol. The summed E-state index contributed by atoms with van der Waals surface area (Å²) in [5.74, 6) is 1.13. The van der Waals surface area contributed by atoms with Crippen molar-refractivity contribution < 1.29 is 0 Å². The molecule has 4 aromatic rings. The van der Waals surface area contributed by atoms with Crippen LogP contribution in [0.2, 0.25) is 0 Å². The summed E-state index contributed by atoms with van der Waals surface area (Å²) in [7, 11) is 0. The maximum Gasteiger partial charge on any atom is 0.137 e. The predicted molar refractivity (Wildman–Crippen MR) is 145 cm³/mol. The number of aromatic nitrogens is 2. The highest BCUT2D eigenvalue weighted by molar-refractivity contribution is 5.57. The molecule has 0 radical (unpaired) electrons. The lowest BCUT2D eigenvalue weighted by Crippen LogP contribution is -2.47. The highest BCUT2D eigenvalue weighted by Gasteiger charge is 2.35. The number of aryl methyl sites for hydroxylation is 4. The molecule has 4 nitrogen and oxygen atoms in total. The minimum absolute atomic E-state index is 0.135. The van der Waals surface area contributed by atoms with Crippen LogP contribution in [0.25, 0.3) is 11.4 Å². The molecule has 1 atom stereocenters. The molecule has 4 heteroatoms. The molecule has 0 aliphatic carbocycles. The van der Waals surface area contributed by atoms with Crippen molar-refractivity contribution in [2.45, 2.75) is 39.7 Å². The van der Waals surface area contributed by atoms with E-state index in [0.717, 1.165) is 49.0 Å². The van der Waals surface area contributed by atoms with Crippen LogP contribution in [0.1, 0.15) is 51.2 Å². The standard InChI is InChI=1S/C31H36N4/c1-21-11-13-25(14-12-21)31-33-24(4)29(34-31)30(35-17-15-32-16-18-35)28(26-9-5-7-22(2)19-26)27-10-6-8-23(3)20-27/h5-14,19-20,28,30,32H,15-18H2,1-4H3,(H,33,34). The lowest BCUT2D eigenvalue weighted by Gasteiger charge is -2.39.